The molecule has 0 aromatic heterocycles. The highest BCUT2D eigenvalue weighted by molar-refractivity contribution is 5.74. The van der Waals surface area contributed by atoms with Crippen LogP contribution in [0.2, 0.25) is 0 Å². The number of carbonyl (C=O) groups is 1. The smallest absolute Gasteiger partial charge is 0.314 e. The number of nitrogens with one attached hydrogen (secondary N) is 2. The van der Waals surface area contributed by atoms with Crippen LogP contribution in [0, 0.1) is 5.92 Å². The monoisotopic (exact) mass is 184 g/mol. The molecule has 3 nitrogen and oxygen atoms in total. The zero-order valence-corrected chi connectivity index (χ0v) is 8.60. The molecule has 3 heteroatoms. The minimum atomic E-state index is -0.0120. The highest BCUT2D eigenvalue weighted by Gasteiger charge is 2.18. The Morgan fingerprint density at radius 1 is 1.31 bits per heavy atom. The third kappa shape index (κ3) is 3.66. The van der Waals surface area contributed by atoms with Crippen LogP contribution in [0.25, 0.3) is 0 Å². The molecule has 0 atom stereocenters. The van der Waals surface area contributed by atoms with Gasteiger partial charge in [-0.05, 0) is 38.5 Å². The highest BCUT2D eigenvalue weighted by Crippen LogP contribution is 2.23. The van der Waals surface area contributed by atoms with Crippen molar-refractivity contribution >= 4 is 6.03 Å². The minimum absolute atomic E-state index is 0.0120. The predicted octanol–water partition coefficient (Wildman–Crippen LogP) is 1.88. The van der Waals surface area contributed by atoms with Crippen LogP contribution in [0.4, 0.5) is 4.79 Å². The Morgan fingerprint density at radius 2 is 1.92 bits per heavy atom. The van der Waals surface area contributed by atoms with Gasteiger partial charge in [0.05, 0.1) is 0 Å². The summed E-state index contributed by atoms with van der Waals surface area (Å²) in [6.45, 7) is 4.92. The van der Waals surface area contributed by atoms with Crippen LogP contribution in [0.5, 0.6) is 0 Å². The van der Waals surface area contributed by atoms with Gasteiger partial charge in [0, 0.05) is 12.6 Å². The molecular weight excluding hydrogens is 164 g/mol. The maximum atomic E-state index is 11.2. The summed E-state index contributed by atoms with van der Waals surface area (Å²) in [7, 11) is 0. The van der Waals surface area contributed by atoms with E-state index in [2.05, 4.69) is 17.6 Å². The van der Waals surface area contributed by atoms with Gasteiger partial charge in [-0.1, -0.05) is 6.92 Å². The average Bonchev–Trinajstić information content (AvgIpc) is 2.09. The molecule has 2 N–H and O–H groups in total. The van der Waals surface area contributed by atoms with Crippen molar-refractivity contribution in [2.24, 2.45) is 5.92 Å². The van der Waals surface area contributed by atoms with Crippen molar-refractivity contribution in [1.29, 1.82) is 0 Å². The van der Waals surface area contributed by atoms with E-state index in [0.717, 1.165) is 18.8 Å². The second kappa shape index (κ2) is 5.10. The van der Waals surface area contributed by atoms with Gasteiger partial charge in [-0.3, -0.25) is 0 Å². The fraction of sp³-hybridized carbons (Fsp3) is 0.900. The number of carbonyl (C=O) groups excluding carboxylic acids is 1. The zero-order valence-electron chi connectivity index (χ0n) is 8.60. The van der Waals surface area contributed by atoms with Crippen molar-refractivity contribution < 1.29 is 4.79 Å². The van der Waals surface area contributed by atoms with Crippen LogP contribution in [0.1, 0.15) is 39.5 Å². The predicted molar refractivity (Wildman–Crippen MR) is 53.6 cm³/mol. The molecule has 0 unspecified atom stereocenters. The second-order valence-corrected chi connectivity index (χ2v) is 3.96. The zero-order chi connectivity index (χ0) is 9.68. The number of hydrogen-bond acceptors (Lipinski definition) is 1. The maximum absolute atomic E-state index is 11.2. The van der Waals surface area contributed by atoms with E-state index < -0.39 is 0 Å². The number of urea groups is 1. The Morgan fingerprint density at radius 3 is 2.46 bits per heavy atom. The Bertz CT molecular complexity index is 162. The number of rotatable bonds is 2. The van der Waals surface area contributed by atoms with E-state index in [1.165, 1.54) is 12.8 Å². The first-order valence-electron chi connectivity index (χ1n) is 5.26. The molecule has 1 aliphatic rings. The van der Waals surface area contributed by atoms with E-state index in [1.54, 1.807) is 0 Å². The van der Waals surface area contributed by atoms with E-state index in [4.69, 9.17) is 0 Å². The van der Waals surface area contributed by atoms with Gasteiger partial charge in [-0.2, -0.15) is 0 Å². The molecule has 1 rings (SSSR count). The molecule has 1 fully saturated rings. The first kappa shape index (κ1) is 10.4. The molecule has 1 aliphatic carbocycles. The molecule has 13 heavy (non-hydrogen) atoms. The van der Waals surface area contributed by atoms with Crippen LogP contribution >= 0.6 is 0 Å². The fourth-order valence-corrected chi connectivity index (χ4v) is 1.80. The van der Waals surface area contributed by atoms with Crippen molar-refractivity contribution in [1.82, 2.24) is 10.6 Å². The first-order valence-corrected chi connectivity index (χ1v) is 5.26. The molecule has 0 aromatic rings. The lowest BCUT2D eigenvalue weighted by Gasteiger charge is -2.26. The Hall–Kier alpha value is -0.730. The summed E-state index contributed by atoms with van der Waals surface area (Å²) in [5, 5.41) is 5.74. The van der Waals surface area contributed by atoms with Crippen LogP contribution in [-0.4, -0.2) is 18.6 Å². The lowest BCUT2D eigenvalue weighted by atomic mass is 9.87. The third-order valence-electron chi connectivity index (χ3n) is 2.69. The number of amides is 2. The van der Waals surface area contributed by atoms with Crippen molar-refractivity contribution in [2.45, 2.75) is 45.6 Å². The van der Waals surface area contributed by atoms with E-state index in [0.29, 0.717) is 12.6 Å². The minimum Gasteiger partial charge on any atom is -0.338 e. The molecule has 0 heterocycles. The van der Waals surface area contributed by atoms with Crippen molar-refractivity contribution in [3.05, 3.63) is 0 Å². The molecular formula is C10H20N2O. The van der Waals surface area contributed by atoms with Gasteiger partial charge < -0.3 is 10.6 Å². The van der Waals surface area contributed by atoms with Crippen LogP contribution in [0.15, 0.2) is 0 Å². The molecule has 0 radical (unpaired) electrons. The normalized spacial score (nSPS) is 28.2. The fourth-order valence-electron chi connectivity index (χ4n) is 1.80. The van der Waals surface area contributed by atoms with Crippen LogP contribution in [0.3, 0.4) is 0 Å². The molecule has 0 bridgehead atoms. The van der Waals surface area contributed by atoms with Crippen molar-refractivity contribution in [3.63, 3.8) is 0 Å². The molecule has 0 aromatic carbocycles. The summed E-state index contributed by atoms with van der Waals surface area (Å²) >= 11 is 0. The first-order chi connectivity index (χ1) is 6.22. The maximum Gasteiger partial charge on any atom is 0.314 e. The summed E-state index contributed by atoms with van der Waals surface area (Å²) < 4.78 is 0. The summed E-state index contributed by atoms with van der Waals surface area (Å²) in [6, 6.07) is 0.393. The standard InChI is InChI=1S/C10H20N2O/c1-3-11-10(13)12-9-6-4-8(2)5-7-9/h8-9H,3-7H2,1-2H3,(H2,11,12,13)/t8-,9-. The lowest BCUT2D eigenvalue weighted by molar-refractivity contribution is 0.229. The van der Waals surface area contributed by atoms with Crippen molar-refractivity contribution in [3.8, 4) is 0 Å². The second-order valence-electron chi connectivity index (χ2n) is 3.96. The van der Waals surface area contributed by atoms with Gasteiger partial charge in [0.2, 0.25) is 0 Å². The number of hydrogen-bond donors (Lipinski definition) is 2. The van der Waals surface area contributed by atoms with Crippen LogP contribution < -0.4 is 10.6 Å². The lowest BCUT2D eigenvalue weighted by Crippen LogP contribution is -2.43. The van der Waals surface area contributed by atoms with Gasteiger partial charge in [0.15, 0.2) is 0 Å². The Balaban J connectivity index is 2.18. The van der Waals surface area contributed by atoms with E-state index >= 15 is 0 Å². The molecule has 0 saturated heterocycles. The highest BCUT2D eigenvalue weighted by atomic mass is 16.2. The third-order valence-corrected chi connectivity index (χ3v) is 2.69. The SMILES string of the molecule is CCNC(=O)N[C@H]1CC[C@H](C)CC1. The van der Waals surface area contributed by atoms with Gasteiger partial charge in [-0.25, -0.2) is 4.79 Å². The summed E-state index contributed by atoms with van der Waals surface area (Å²) in [5.41, 5.74) is 0. The summed E-state index contributed by atoms with van der Waals surface area (Å²) in [5.74, 6) is 0.840. The quantitative estimate of drug-likeness (QED) is 0.676. The molecule has 1 saturated carbocycles. The van der Waals surface area contributed by atoms with Gasteiger partial charge in [0.1, 0.15) is 0 Å². The molecule has 2 amide bonds. The average molecular weight is 184 g/mol. The van der Waals surface area contributed by atoms with Gasteiger partial charge >= 0.3 is 6.03 Å². The Kier molecular flexibility index (Phi) is 4.06. The largest absolute Gasteiger partial charge is 0.338 e. The molecule has 76 valence electrons. The topological polar surface area (TPSA) is 41.1 Å². The van der Waals surface area contributed by atoms with Gasteiger partial charge in [-0.15, -0.1) is 0 Å². The summed E-state index contributed by atoms with van der Waals surface area (Å²) in [6.07, 6.45) is 4.77. The Labute approximate surface area is 80.3 Å². The summed E-state index contributed by atoms with van der Waals surface area (Å²) in [4.78, 5) is 11.2. The van der Waals surface area contributed by atoms with Crippen molar-refractivity contribution in [2.75, 3.05) is 6.54 Å². The van der Waals surface area contributed by atoms with E-state index in [9.17, 15) is 4.79 Å². The van der Waals surface area contributed by atoms with Crippen LogP contribution in [-0.2, 0) is 0 Å². The molecule has 0 aliphatic heterocycles. The molecule has 0 spiro atoms. The van der Waals surface area contributed by atoms with Gasteiger partial charge in [0.25, 0.3) is 0 Å². The van der Waals surface area contributed by atoms with E-state index in [-0.39, 0.29) is 6.03 Å². The van der Waals surface area contributed by atoms with E-state index in [1.807, 2.05) is 6.92 Å².